The molecule has 2 N–H and O–H groups in total. The highest BCUT2D eigenvalue weighted by atomic mass is 32.1. The van der Waals surface area contributed by atoms with Crippen LogP contribution in [-0.2, 0) is 0 Å². The summed E-state index contributed by atoms with van der Waals surface area (Å²) >= 11 is 1.48. The predicted molar refractivity (Wildman–Crippen MR) is 92.1 cm³/mol. The lowest BCUT2D eigenvalue weighted by Gasteiger charge is -2.21. The standard InChI is InChI=1S/C15H23N7OS/c1-10(11(2)22-9-16-8-17-22)18-14(23)19-15-21-20-13(24-15)12-6-4-3-5-7-12/h8-12H,3-7H2,1-2H3,(H2,18,19,21,23)/t10-,11+/m0/s1. The van der Waals surface area contributed by atoms with Gasteiger partial charge in [-0.1, -0.05) is 30.6 Å². The van der Waals surface area contributed by atoms with E-state index >= 15 is 0 Å². The van der Waals surface area contributed by atoms with Crippen molar-refractivity contribution in [2.75, 3.05) is 5.32 Å². The van der Waals surface area contributed by atoms with Gasteiger partial charge in [0.05, 0.1) is 6.04 Å². The highest BCUT2D eigenvalue weighted by Gasteiger charge is 2.21. The highest BCUT2D eigenvalue weighted by molar-refractivity contribution is 7.15. The van der Waals surface area contributed by atoms with Crippen LogP contribution in [0.4, 0.5) is 9.93 Å². The largest absolute Gasteiger partial charge is 0.333 e. The summed E-state index contributed by atoms with van der Waals surface area (Å²) in [6.45, 7) is 3.91. The Kier molecular flexibility index (Phi) is 5.39. The molecule has 8 nitrogen and oxygen atoms in total. The van der Waals surface area contributed by atoms with E-state index in [1.807, 2.05) is 13.8 Å². The fourth-order valence-electron chi connectivity index (χ4n) is 2.92. The predicted octanol–water partition coefficient (Wildman–Crippen LogP) is 2.95. The van der Waals surface area contributed by atoms with Crippen molar-refractivity contribution in [3.8, 4) is 0 Å². The van der Waals surface area contributed by atoms with Crippen molar-refractivity contribution in [2.45, 2.75) is 64.0 Å². The van der Waals surface area contributed by atoms with E-state index in [9.17, 15) is 4.79 Å². The second-order valence-electron chi connectivity index (χ2n) is 6.28. The van der Waals surface area contributed by atoms with Crippen LogP contribution in [0.5, 0.6) is 0 Å². The van der Waals surface area contributed by atoms with Crippen LogP contribution < -0.4 is 10.6 Å². The lowest BCUT2D eigenvalue weighted by molar-refractivity contribution is 0.244. The second kappa shape index (κ2) is 7.69. The van der Waals surface area contributed by atoms with Gasteiger partial charge in [-0.15, -0.1) is 10.2 Å². The number of urea groups is 1. The SMILES string of the molecule is C[C@H](NC(=O)Nc1nnc(C2CCCCC2)s1)[C@@H](C)n1cncn1. The number of nitrogens with zero attached hydrogens (tertiary/aromatic N) is 5. The number of aromatic nitrogens is 5. The minimum Gasteiger partial charge on any atom is -0.333 e. The van der Waals surface area contributed by atoms with Crippen molar-refractivity contribution in [1.29, 1.82) is 0 Å². The van der Waals surface area contributed by atoms with E-state index in [0.717, 1.165) is 5.01 Å². The van der Waals surface area contributed by atoms with E-state index in [1.165, 1.54) is 49.8 Å². The molecule has 2 aromatic rings. The molecule has 9 heteroatoms. The van der Waals surface area contributed by atoms with E-state index < -0.39 is 0 Å². The minimum atomic E-state index is -0.277. The van der Waals surface area contributed by atoms with Crippen LogP contribution in [0.1, 0.15) is 62.9 Å². The second-order valence-corrected chi connectivity index (χ2v) is 7.29. The summed E-state index contributed by atoms with van der Waals surface area (Å²) in [7, 11) is 0. The molecule has 1 aliphatic carbocycles. The molecule has 130 valence electrons. The van der Waals surface area contributed by atoms with Crippen molar-refractivity contribution in [3.05, 3.63) is 17.7 Å². The zero-order valence-corrected chi connectivity index (χ0v) is 14.8. The summed E-state index contributed by atoms with van der Waals surface area (Å²) in [5.41, 5.74) is 0. The summed E-state index contributed by atoms with van der Waals surface area (Å²) < 4.78 is 1.72. The maximum atomic E-state index is 12.2. The van der Waals surface area contributed by atoms with Crippen LogP contribution in [-0.4, -0.2) is 37.0 Å². The zero-order valence-electron chi connectivity index (χ0n) is 14.0. The van der Waals surface area contributed by atoms with Crippen LogP contribution >= 0.6 is 11.3 Å². The molecule has 0 aliphatic heterocycles. The van der Waals surface area contributed by atoms with Crippen LogP contribution in [0, 0.1) is 0 Å². The number of anilines is 1. The Bertz CT molecular complexity index is 651. The Labute approximate surface area is 145 Å². The van der Waals surface area contributed by atoms with Crippen molar-refractivity contribution in [1.82, 2.24) is 30.3 Å². The normalized spacial score (nSPS) is 18.1. The molecule has 0 saturated heterocycles. The summed E-state index contributed by atoms with van der Waals surface area (Å²) in [6.07, 6.45) is 9.29. The lowest BCUT2D eigenvalue weighted by Crippen LogP contribution is -2.40. The number of rotatable bonds is 5. The maximum absolute atomic E-state index is 12.2. The summed E-state index contributed by atoms with van der Waals surface area (Å²) in [6, 6.07) is -0.372. The Morgan fingerprint density at radius 3 is 2.79 bits per heavy atom. The van der Waals surface area contributed by atoms with Crippen LogP contribution in [0.2, 0.25) is 0 Å². The number of amides is 2. The topological polar surface area (TPSA) is 97.6 Å². The molecule has 1 fully saturated rings. The first-order chi connectivity index (χ1) is 11.6. The van der Waals surface area contributed by atoms with Crippen LogP contribution in [0.15, 0.2) is 12.7 Å². The molecule has 0 bridgehead atoms. The van der Waals surface area contributed by atoms with Gasteiger partial charge in [0.2, 0.25) is 5.13 Å². The molecule has 2 atom stereocenters. The van der Waals surface area contributed by atoms with Gasteiger partial charge in [0.25, 0.3) is 0 Å². The Hall–Kier alpha value is -2.03. The third kappa shape index (κ3) is 4.08. The summed E-state index contributed by atoms with van der Waals surface area (Å²) in [5.74, 6) is 0.501. The van der Waals surface area contributed by atoms with Gasteiger partial charge in [-0.2, -0.15) is 5.10 Å². The van der Waals surface area contributed by atoms with Gasteiger partial charge in [-0.05, 0) is 26.7 Å². The molecule has 1 saturated carbocycles. The van der Waals surface area contributed by atoms with Gasteiger partial charge < -0.3 is 5.32 Å². The molecule has 2 aromatic heterocycles. The first-order valence-electron chi connectivity index (χ1n) is 8.38. The number of nitrogens with one attached hydrogen (secondary N) is 2. The van der Waals surface area contributed by atoms with E-state index in [-0.39, 0.29) is 18.1 Å². The molecule has 0 unspecified atom stereocenters. The first kappa shape index (κ1) is 16.8. The Morgan fingerprint density at radius 2 is 2.08 bits per heavy atom. The highest BCUT2D eigenvalue weighted by Crippen LogP contribution is 2.35. The van der Waals surface area contributed by atoms with Crippen LogP contribution in [0.25, 0.3) is 0 Å². The molecular formula is C15H23N7OS. The smallest absolute Gasteiger partial charge is 0.321 e. The average Bonchev–Trinajstić information content (AvgIpc) is 3.26. The Balaban J connectivity index is 1.52. The van der Waals surface area contributed by atoms with Crippen molar-refractivity contribution in [3.63, 3.8) is 0 Å². The average molecular weight is 349 g/mol. The first-order valence-corrected chi connectivity index (χ1v) is 9.20. The Morgan fingerprint density at radius 1 is 1.29 bits per heavy atom. The van der Waals surface area contributed by atoms with E-state index in [2.05, 4.69) is 30.9 Å². The fraction of sp³-hybridized carbons (Fsp3) is 0.667. The zero-order chi connectivity index (χ0) is 16.9. The van der Waals surface area contributed by atoms with Gasteiger partial charge in [-0.3, -0.25) is 5.32 Å². The molecule has 0 spiro atoms. The van der Waals surface area contributed by atoms with Gasteiger partial charge >= 0.3 is 6.03 Å². The van der Waals surface area contributed by atoms with Gasteiger partial charge in [-0.25, -0.2) is 14.5 Å². The number of carbonyl (C=O) groups excluding carboxylic acids is 1. The molecular weight excluding hydrogens is 326 g/mol. The van der Waals surface area contributed by atoms with E-state index in [0.29, 0.717) is 11.0 Å². The van der Waals surface area contributed by atoms with Gasteiger partial charge in [0.1, 0.15) is 17.7 Å². The third-order valence-corrected chi connectivity index (χ3v) is 5.55. The van der Waals surface area contributed by atoms with E-state index in [4.69, 9.17) is 0 Å². The van der Waals surface area contributed by atoms with E-state index in [1.54, 1.807) is 11.0 Å². The van der Waals surface area contributed by atoms with Gasteiger partial charge in [0.15, 0.2) is 0 Å². The van der Waals surface area contributed by atoms with Gasteiger partial charge in [0, 0.05) is 12.0 Å². The lowest BCUT2D eigenvalue weighted by atomic mass is 9.90. The maximum Gasteiger partial charge on any atom is 0.321 e. The molecule has 2 heterocycles. The molecule has 3 rings (SSSR count). The van der Waals surface area contributed by atoms with Crippen molar-refractivity contribution < 1.29 is 4.79 Å². The monoisotopic (exact) mass is 349 g/mol. The molecule has 0 radical (unpaired) electrons. The van der Waals surface area contributed by atoms with Crippen molar-refractivity contribution in [2.24, 2.45) is 0 Å². The quantitative estimate of drug-likeness (QED) is 0.865. The van der Waals surface area contributed by atoms with Crippen molar-refractivity contribution >= 4 is 22.5 Å². The number of carbonyl (C=O) groups is 1. The molecule has 1 aliphatic rings. The number of hydrogen-bond donors (Lipinski definition) is 2. The van der Waals surface area contributed by atoms with Crippen LogP contribution in [0.3, 0.4) is 0 Å². The number of hydrogen-bond acceptors (Lipinski definition) is 6. The molecule has 2 amide bonds. The minimum absolute atomic E-state index is 0.00506. The summed E-state index contributed by atoms with van der Waals surface area (Å²) in [4.78, 5) is 16.1. The third-order valence-electron chi connectivity index (χ3n) is 4.55. The summed E-state index contributed by atoms with van der Waals surface area (Å²) in [5, 5.41) is 19.7. The molecule has 24 heavy (non-hydrogen) atoms. The molecule has 0 aromatic carbocycles. The fourth-order valence-corrected chi connectivity index (χ4v) is 3.82.